The minimum atomic E-state index is -4.72. The van der Waals surface area contributed by atoms with Gasteiger partial charge in [0.1, 0.15) is 17.1 Å². The van der Waals surface area contributed by atoms with Crippen molar-refractivity contribution < 1.29 is 36.6 Å². The van der Waals surface area contributed by atoms with Gasteiger partial charge < -0.3 is 25.3 Å². The predicted molar refractivity (Wildman–Crippen MR) is 106 cm³/mol. The molecule has 1 aromatic heterocycles. The van der Waals surface area contributed by atoms with Gasteiger partial charge in [-0.1, -0.05) is 0 Å². The molecule has 13 heteroatoms. The molecular formula is C20H19F4N5O4. The predicted octanol–water partition coefficient (Wildman–Crippen LogP) is 2.38. The molecule has 4 rings (SSSR count). The summed E-state index contributed by atoms with van der Waals surface area (Å²) >= 11 is 0. The lowest BCUT2D eigenvalue weighted by Gasteiger charge is -2.36. The number of nitrogens with zero attached hydrogens (tertiary/aromatic N) is 3. The lowest BCUT2D eigenvalue weighted by molar-refractivity contribution is -0.219. The molecule has 0 radical (unpaired) electrons. The molecule has 0 aliphatic carbocycles. The first kappa shape index (κ1) is 22.7. The fraction of sp³-hybridized carbons (Fsp3) is 0.400. The molecule has 2 aliphatic rings. The first-order chi connectivity index (χ1) is 15.6. The molecule has 0 saturated carbocycles. The average Bonchev–Trinajstić information content (AvgIpc) is 3.15. The molecule has 1 unspecified atom stereocenters. The van der Waals surface area contributed by atoms with Crippen LogP contribution >= 0.6 is 0 Å². The monoisotopic (exact) mass is 469 g/mol. The molecular weight excluding hydrogens is 450 g/mol. The van der Waals surface area contributed by atoms with E-state index in [4.69, 9.17) is 19.9 Å². The van der Waals surface area contributed by atoms with Crippen molar-refractivity contribution in [1.82, 2.24) is 9.97 Å². The van der Waals surface area contributed by atoms with Crippen LogP contribution in [-0.2, 0) is 15.0 Å². The molecule has 3 heterocycles. The van der Waals surface area contributed by atoms with Gasteiger partial charge in [-0.15, -0.1) is 0 Å². The molecule has 0 spiro atoms. The molecule has 9 nitrogen and oxygen atoms in total. The third kappa shape index (κ3) is 4.27. The minimum absolute atomic E-state index is 0.0463. The third-order valence-corrected chi connectivity index (χ3v) is 5.35. The fourth-order valence-electron chi connectivity index (χ4n) is 3.88. The second kappa shape index (κ2) is 8.46. The number of amides is 1. The molecule has 2 aromatic rings. The van der Waals surface area contributed by atoms with Gasteiger partial charge in [0.25, 0.3) is 11.9 Å². The number of nitrogens with two attached hydrogens (primary N) is 1. The van der Waals surface area contributed by atoms with Crippen LogP contribution in [0.4, 0.5) is 23.2 Å². The molecule has 3 atom stereocenters. The Hall–Kier alpha value is -3.48. The highest BCUT2D eigenvalue weighted by molar-refractivity contribution is 6.02. The number of rotatable bonds is 5. The van der Waals surface area contributed by atoms with Gasteiger partial charge in [-0.05, 0) is 25.1 Å². The largest absolute Gasteiger partial charge is 0.477 e. The zero-order chi connectivity index (χ0) is 23.8. The van der Waals surface area contributed by atoms with E-state index in [9.17, 15) is 22.4 Å². The minimum Gasteiger partial charge on any atom is -0.477 e. The quantitative estimate of drug-likeness (QED) is 0.645. The van der Waals surface area contributed by atoms with E-state index in [1.807, 2.05) is 0 Å². The van der Waals surface area contributed by atoms with Crippen molar-refractivity contribution in [2.45, 2.75) is 24.7 Å². The summed E-state index contributed by atoms with van der Waals surface area (Å²) in [6.07, 6.45) is -4.47. The molecule has 33 heavy (non-hydrogen) atoms. The fourth-order valence-corrected chi connectivity index (χ4v) is 3.88. The number of fused-ring (bicyclic) bond motifs is 1. The Morgan fingerprint density at radius 3 is 2.79 bits per heavy atom. The lowest BCUT2D eigenvalue weighted by Crippen LogP contribution is -2.48. The number of nitrogens with one attached hydrogen (secondary N) is 1. The number of halogens is 4. The Morgan fingerprint density at radius 2 is 2.12 bits per heavy atom. The van der Waals surface area contributed by atoms with Crippen molar-refractivity contribution >= 4 is 17.6 Å². The Balaban J connectivity index is 1.65. The maximum atomic E-state index is 14.9. The molecule has 1 saturated heterocycles. The van der Waals surface area contributed by atoms with Crippen LogP contribution in [-0.4, -0.2) is 54.0 Å². The summed E-state index contributed by atoms with van der Waals surface area (Å²) in [6, 6.07) is 3.10. The van der Waals surface area contributed by atoms with E-state index < -0.39 is 48.7 Å². The Bertz CT molecular complexity index is 1080. The Morgan fingerprint density at radius 1 is 1.33 bits per heavy atom. The lowest BCUT2D eigenvalue weighted by atomic mass is 9.77. The molecule has 0 bridgehead atoms. The maximum Gasteiger partial charge on any atom is 0.415 e. The van der Waals surface area contributed by atoms with Crippen molar-refractivity contribution in [3.63, 3.8) is 0 Å². The van der Waals surface area contributed by atoms with Crippen molar-refractivity contribution in [3.8, 4) is 5.88 Å². The summed E-state index contributed by atoms with van der Waals surface area (Å²) in [5, 5.41) is 2.52. The van der Waals surface area contributed by atoms with E-state index in [0.717, 1.165) is 6.07 Å². The van der Waals surface area contributed by atoms with E-state index >= 15 is 0 Å². The van der Waals surface area contributed by atoms with Crippen LogP contribution in [0.25, 0.3) is 0 Å². The molecule has 1 aromatic carbocycles. The van der Waals surface area contributed by atoms with Crippen molar-refractivity contribution in [2.24, 2.45) is 16.6 Å². The van der Waals surface area contributed by atoms with Crippen LogP contribution in [0.3, 0.4) is 0 Å². The maximum absolute atomic E-state index is 14.9. The second-order valence-electron chi connectivity index (χ2n) is 7.39. The average molecular weight is 469 g/mol. The van der Waals surface area contributed by atoms with Gasteiger partial charge >= 0.3 is 6.18 Å². The molecule has 3 N–H and O–H groups in total. The smallest absolute Gasteiger partial charge is 0.415 e. The summed E-state index contributed by atoms with van der Waals surface area (Å²) < 4.78 is 70.5. The van der Waals surface area contributed by atoms with E-state index in [0.29, 0.717) is 6.61 Å². The molecule has 176 valence electrons. The van der Waals surface area contributed by atoms with Crippen molar-refractivity contribution in [1.29, 1.82) is 0 Å². The number of benzene rings is 1. The van der Waals surface area contributed by atoms with Crippen molar-refractivity contribution in [3.05, 3.63) is 47.7 Å². The topological polar surface area (TPSA) is 121 Å². The number of anilines is 1. The van der Waals surface area contributed by atoms with E-state index in [-0.39, 0.29) is 28.8 Å². The highest BCUT2D eigenvalue weighted by Gasteiger charge is 2.62. The second-order valence-corrected chi connectivity index (χ2v) is 7.39. The number of hydrogen-bond donors (Lipinski definition) is 2. The Kier molecular flexibility index (Phi) is 5.82. The number of alkyl halides is 3. The van der Waals surface area contributed by atoms with Crippen LogP contribution in [0, 0.1) is 11.7 Å². The summed E-state index contributed by atoms with van der Waals surface area (Å²) in [5.41, 5.74) is 3.70. The van der Waals surface area contributed by atoms with Gasteiger partial charge in [-0.2, -0.15) is 13.2 Å². The number of carbonyl (C=O) groups is 1. The number of aromatic nitrogens is 2. The van der Waals surface area contributed by atoms with Crippen LogP contribution in [0.5, 0.6) is 5.88 Å². The SMILES string of the molecule is CCOc1cnc(C(=O)Nc2ccc(F)c(C34CO[C@H](C(F)(F)F)[C@H]3COC(N)=N4)c2)cn1. The van der Waals surface area contributed by atoms with E-state index in [1.54, 1.807) is 6.92 Å². The van der Waals surface area contributed by atoms with Crippen molar-refractivity contribution in [2.75, 3.05) is 25.1 Å². The summed E-state index contributed by atoms with van der Waals surface area (Å²) in [7, 11) is 0. The van der Waals surface area contributed by atoms with Gasteiger partial charge in [-0.3, -0.25) is 4.79 Å². The highest BCUT2D eigenvalue weighted by atomic mass is 19.4. The summed E-state index contributed by atoms with van der Waals surface area (Å²) in [6.45, 7) is 1.11. The van der Waals surface area contributed by atoms with Gasteiger partial charge in [0.15, 0.2) is 6.10 Å². The van der Waals surface area contributed by atoms with E-state index in [1.165, 1.54) is 24.5 Å². The van der Waals surface area contributed by atoms with Crippen LogP contribution < -0.4 is 15.8 Å². The van der Waals surface area contributed by atoms with Crippen LogP contribution in [0.1, 0.15) is 23.0 Å². The normalized spacial score (nSPS) is 24.5. The van der Waals surface area contributed by atoms with Crippen LogP contribution in [0.15, 0.2) is 35.6 Å². The summed E-state index contributed by atoms with van der Waals surface area (Å²) in [5.74, 6) is -2.63. The van der Waals surface area contributed by atoms with Gasteiger partial charge in [0.2, 0.25) is 5.88 Å². The van der Waals surface area contributed by atoms with Gasteiger partial charge in [0, 0.05) is 11.3 Å². The highest BCUT2D eigenvalue weighted by Crippen LogP contribution is 2.50. The first-order valence-electron chi connectivity index (χ1n) is 9.86. The molecule has 1 amide bonds. The van der Waals surface area contributed by atoms with E-state index in [2.05, 4.69) is 20.3 Å². The molecule has 2 aliphatic heterocycles. The zero-order valence-electron chi connectivity index (χ0n) is 17.2. The molecule has 1 fully saturated rings. The third-order valence-electron chi connectivity index (χ3n) is 5.35. The van der Waals surface area contributed by atoms with Gasteiger partial charge in [0.05, 0.1) is 38.1 Å². The number of carbonyl (C=O) groups excluding carboxylic acids is 1. The standard InChI is InChI=1S/C20H19F4N5O4/c1-2-31-15-7-26-14(6-27-15)17(30)28-10-3-4-13(21)11(5-10)19-9-33-16(20(22,23)24)12(19)8-32-18(25)29-19/h3-7,12,16H,2,8-9H2,1H3,(H2,25,29)(H,28,30)/t12-,16+,19?/m1/s1. The first-order valence-corrected chi connectivity index (χ1v) is 9.86. The summed E-state index contributed by atoms with van der Waals surface area (Å²) in [4.78, 5) is 24.5. The number of aliphatic imine (C=N–C) groups is 1. The van der Waals surface area contributed by atoms with Gasteiger partial charge in [-0.25, -0.2) is 19.4 Å². The number of ether oxygens (including phenoxy) is 3. The zero-order valence-corrected chi connectivity index (χ0v) is 17.2. The number of hydrogen-bond acceptors (Lipinski definition) is 8. The number of amidine groups is 1. The Labute approximate surface area is 185 Å². The van der Waals surface area contributed by atoms with Crippen LogP contribution in [0.2, 0.25) is 0 Å².